The topological polar surface area (TPSA) is 140 Å². The summed E-state index contributed by atoms with van der Waals surface area (Å²) in [4.78, 5) is 23.9. The number of amides is 2. The van der Waals surface area contributed by atoms with Crippen LogP contribution in [0.5, 0.6) is 0 Å². The third kappa shape index (κ3) is 4.78. The summed E-state index contributed by atoms with van der Waals surface area (Å²) < 4.78 is 34.8. The van der Waals surface area contributed by atoms with E-state index < -0.39 is 20.6 Å². The van der Waals surface area contributed by atoms with Gasteiger partial charge >= 0.3 is 6.03 Å². The molecular formula is C24H28N6O5S. The normalized spacial score (nSPS) is 19.1. The molecule has 5 rings (SSSR count). The maximum absolute atomic E-state index is 12.6. The van der Waals surface area contributed by atoms with E-state index in [4.69, 9.17) is 19.2 Å². The molecule has 2 N–H and O–H groups in total. The van der Waals surface area contributed by atoms with Crippen LogP contribution in [0, 0.1) is 6.92 Å². The van der Waals surface area contributed by atoms with Gasteiger partial charge in [0.1, 0.15) is 16.3 Å². The number of aromatic nitrogens is 3. The van der Waals surface area contributed by atoms with E-state index in [0.717, 1.165) is 0 Å². The van der Waals surface area contributed by atoms with Crippen LogP contribution in [0.15, 0.2) is 40.9 Å². The van der Waals surface area contributed by atoms with E-state index in [0.29, 0.717) is 72.8 Å². The Hall–Kier alpha value is -3.51. The number of carbonyl (C=O) groups is 1. The summed E-state index contributed by atoms with van der Waals surface area (Å²) in [5.74, 6) is 2.03. The van der Waals surface area contributed by atoms with E-state index in [9.17, 15) is 13.2 Å². The van der Waals surface area contributed by atoms with Crippen LogP contribution in [0.25, 0.3) is 11.4 Å². The first-order valence-corrected chi connectivity index (χ1v) is 13.6. The Morgan fingerprint density at radius 2 is 1.89 bits per heavy atom. The van der Waals surface area contributed by atoms with Gasteiger partial charge in [-0.15, -0.1) is 0 Å². The second kappa shape index (κ2) is 9.17. The van der Waals surface area contributed by atoms with Gasteiger partial charge in [0.25, 0.3) is 0 Å². The number of ether oxygens (including phenoxy) is 1. The number of benzene rings is 1. The van der Waals surface area contributed by atoms with E-state index >= 15 is 0 Å². The van der Waals surface area contributed by atoms with E-state index in [1.807, 2.05) is 6.07 Å². The lowest BCUT2D eigenvalue weighted by Crippen LogP contribution is -2.44. The van der Waals surface area contributed by atoms with Gasteiger partial charge in [-0.2, -0.15) is 0 Å². The second-order valence-corrected chi connectivity index (χ2v) is 11.6. The van der Waals surface area contributed by atoms with E-state index in [-0.39, 0.29) is 6.04 Å². The minimum atomic E-state index is -3.35. The van der Waals surface area contributed by atoms with Crippen LogP contribution in [0.1, 0.15) is 31.2 Å². The molecule has 2 fully saturated rings. The molecule has 0 spiro atoms. The number of aryl methyl sites for hydroxylation is 1. The third-order valence-corrected chi connectivity index (χ3v) is 8.56. The maximum atomic E-state index is 12.6. The molecule has 1 aliphatic heterocycles. The highest BCUT2D eigenvalue weighted by Crippen LogP contribution is 2.52. The largest absolute Gasteiger partial charge is 0.377 e. The van der Waals surface area contributed by atoms with Crippen LogP contribution in [-0.2, 0) is 19.3 Å². The Kier molecular flexibility index (Phi) is 6.17. The average molecular weight is 513 g/mol. The lowest BCUT2D eigenvalue weighted by atomic mass is 10.1. The number of urea groups is 1. The van der Waals surface area contributed by atoms with Crippen molar-refractivity contribution in [3.05, 3.63) is 47.9 Å². The zero-order chi connectivity index (χ0) is 25.5. The molecule has 1 aliphatic carbocycles. The molecule has 12 heteroatoms. The first-order chi connectivity index (χ1) is 17.1. The zero-order valence-electron chi connectivity index (χ0n) is 20.3. The van der Waals surface area contributed by atoms with Crippen molar-refractivity contribution in [3.8, 4) is 11.4 Å². The third-order valence-electron chi connectivity index (χ3n) is 6.53. The highest BCUT2D eigenvalue weighted by atomic mass is 32.2. The average Bonchev–Trinajstić information content (AvgIpc) is 3.57. The Labute approximate surface area is 209 Å². The summed E-state index contributed by atoms with van der Waals surface area (Å²) in [5.41, 5.74) is 1.79. The lowest BCUT2D eigenvalue weighted by Gasteiger charge is -2.34. The monoisotopic (exact) mass is 512 g/mol. The molecule has 36 heavy (non-hydrogen) atoms. The van der Waals surface area contributed by atoms with E-state index in [1.54, 1.807) is 37.3 Å². The first kappa shape index (κ1) is 24.2. The molecule has 2 amide bonds. The van der Waals surface area contributed by atoms with E-state index in [2.05, 4.69) is 27.6 Å². The van der Waals surface area contributed by atoms with Gasteiger partial charge in [0.05, 0.1) is 24.9 Å². The summed E-state index contributed by atoms with van der Waals surface area (Å²) in [7, 11) is -3.35. The molecule has 0 bridgehead atoms. The molecule has 0 unspecified atom stereocenters. The lowest BCUT2D eigenvalue weighted by molar-refractivity contribution is 0.0985. The van der Waals surface area contributed by atoms with Crippen LogP contribution >= 0.6 is 0 Å². The van der Waals surface area contributed by atoms with Gasteiger partial charge in [0.15, 0.2) is 21.5 Å². The SMILES string of the molecule is Cc1cc(NC(=O)Nc2ccc(-c3nc(N4CCOC[C@@H]4C)cc(C4(S(C)(=O)=O)CC4)n3)cc2)no1. The molecule has 2 aliphatic rings. The first-order valence-electron chi connectivity index (χ1n) is 11.7. The van der Waals surface area contributed by atoms with Crippen LogP contribution in [-0.4, -0.2) is 61.6 Å². The van der Waals surface area contributed by atoms with E-state index in [1.165, 1.54) is 6.26 Å². The minimum Gasteiger partial charge on any atom is -0.377 e. The number of nitrogens with zero attached hydrogens (tertiary/aromatic N) is 4. The van der Waals surface area contributed by atoms with Crippen molar-refractivity contribution in [1.29, 1.82) is 0 Å². The van der Waals surface area contributed by atoms with Crippen LogP contribution in [0.2, 0.25) is 0 Å². The number of sulfone groups is 1. The zero-order valence-corrected chi connectivity index (χ0v) is 21.1. The molecule has 0 radical (unpaired) electrons. The van der Waals surface area contributed by atoms with Crippen LogP contribution in [0.4, 0.5) is 22.1 Å². The van der Waals surface area contributed by atoms with Crippen molar-refractivity contribution in [1.82, 2.24) is 15.1 Å². The molecular weight excluding hydrogens is 484 g/mol. The van der Waals surface area contributed by atoms with Gasteiger partial charge in [-0.25, -0.2) is 23.2 Å². The quantitative estimate of drug-likeness (QED) is 0.509. The van der Waals surface area contributed by atoms with Crippen molar-refractivity contribution in [2.75, 3.05) is 41.5 Å². The highest BCUT2D eigenvalue weighted by Gasteiger charge is 2.55. The Balaban J connectivity index is 1.43. The van der Waals surface area contributed by atoms with Crippen molar-refractivity contribution < 1.29 is 22.5 Å². The standard InChI is InChI=1S/C24H28N6O5S/c1-15-14-34-11-10-30(15)21-13-19(24(8-9-24)36(3,32)33)26-22(28-21)17-4-6-18(7-5-17)25-23(31)27-20-12-16(2)35-29-20/h4-7,12-13,15H,8-11,14H2,1-3H3,(H2,25,27,29,31)/t15-/m0/s1. The molecule has 1 saturated carbocycles. The van der Waals surface area contributed by atoms with Gasteiger partial charge in [0.2, 0.25) is 0 Å². The maximum Gasteiger partial charge on any atom is 0.324 e. The second-order valence-electron chi connectivity index (χ2n) is 9.30. The van der Waals surface area contributed by atoms with Crippen molar-refractivity contribution in [2.24, 2.45) is 0 Å². The molecule has 3 heterocycles. The number of hydrogen-bond donors (Lipinski definition) is 2. The minimum absolute atomic E-state index is 0.0985. The molecule has 2 aromatic heterocycles. The fourth-order valence-electron chi connectivity index (χ4n) is 4.35. The number of morpholine rings is 1. The molecule has 1 saturated heterocycles. The summed E-state index contributed by atoms with van der Waals surface area (Å²) in [6.07, 6.45) is 2.36. The molecule has 3 aromatic rings. The highest BCUT2D eigenvalue weighted by molar-refractivity contribution is 7.91. The van der Waals surface area contributed by atoms with Crippen LogP contribution < -0.4 is 15.5 Å². The summed E-state index contributed by atoms with van der Waals surface area (Å²) in [5, 5.41) is 9.07. The molecule has 1 atom stereocenters. The fraction of sp³-hybridized carbons (Fsp3) is 0.417. The van der Waals surface area contributed by atoms with Gasteiger partial charge in [-0.3, -0.25) is 5.32 Å². The predicted molar refractivity (Wildman–Crippen MR) is 135 cm³/mol. The van der Waals surface area contributed by atoms with Crippen molar-refractivity contribution >= 4 is 33.2 Å². The molecule has 1 aromatic carbocycles. The number of anilines is 3. The van der Waals surface area contributed by atoms with Gasteiger partial charge in [-0.1, -0.05) is 5.16 Å². The summed E-state index contributed by atoms with van der Waals surface area (Å²) in [6.45, 7) is 5.59. The van der Waals surface area contributed by atoms with Crippen molar-refractivity contribution in [3.63, 3.8) is 0 Å². The van der Waals surface area contributed by atoms with Crippen molar-refractivity contribution in [2.45, 2.75) is 37.5 Å². The van der Waals surface area contributed by atoms with Gasteiger partial charge < -0.3 is 19.5 Å². The molecule has 190 valence electrons. The summed E-state index contributed by atoms with van der Waals surface area (Å²) in [6, 6.07) is 10.1. The number of nitrogens with one attached hydrogen (secondary N) is 2. The summed E-state index contributed by atoms with van der Waals surface area (Å²) >= 11 is 0. The number of hydrogen-bond acceptors (Lipinski definition) is 9. The number of rotatable bonds is 6. The Morgan fingerprint density at radius 3 is 2.50 bits per heavy atom. The Morgan fingerprint density at radius 1 is 1.14 bits per heavy atom. The molecule has 11 nitrogen and oxygen atoms in total. The fourth-order valence-corrected chi connectivity index (χ4v) is 5.68. The number of carbonyl (C=O) groups excluding carboxylic acids is 1. The van der Waals surface area contributed by atoms with Crippen LogP contribution in [0.3, 0.4) is 0 Å². The smallest absolute Gasteiger partial charge is 0.324 e. The van der Waals surface area contributed by atoms with Gasteiger partial charge in [0, 0.05) is 36.2 Å². The Bertz CT molecular complexity index is 1380. The van der Waals surface area contributed by atoms with Gasteiger partial charge in [-0.05, 0) is 51.0 Å². The predicted octanol–water partition coefficient (Wildman–Crippen LogP) is 3.34.